The van der Waals surface area contributed by atoms with Gasteiger partial charge in [0.1, 0.15) is 0 Å². The number of aliphatic hydroxyl groups is 1. The zero-order valence-corrected chi connectivity index (χ0v) is 14.9. The molecule has 1 saturated carbocycles. The topological polar surface area (TPSA) is 69.4 Å². The number of nitrogens with zero attached hydrogens (tertiary/aromatic N) is 3. The lowest BCUT2D eigenvalue weighted by Crippen LogP contribution is -2.42. The molecule has 1 saturated heterocycles. The Morgan fingerprint density at radius 1 is 1.12 bits per heavy atom. The van der Waals surface area contributed by atoms with E-state index in [2.05, 4.69) is 10.1 Å². The van der Waals surface area contributed by atoms with E-state index < -0.39 is 12.7 Å². The molecule has 1 aliphatic heterocycles. The Kier molecular flexibility index (Phi) is 3.21. The van der Waals surface area contributed by atoms with Crippen molar-refractivity contribution in [3.8, 4) is 0 Å². The Morgan fingerprint density at radius 2 is 1.75 bits per heavy atom. The molecule has 128 valence electrons. The normalized spacial score (nSPS) is 31.4. The highest BCUT2D eigenvalue weighted by atomic mass is 16.7. The van der Waals surface area contributed by atoms with Crippen LogP contribution >= 0.6 is 0 Å². The molecule has 0 atom stereocenters. The molecule has 4 rings (SSSR count). The molecule has 0 bridgehead atoms. The highest BCUT2D eigenvalue weighted by molar-refractivity contribution is 6.62. The van der Waals surface area contributed by atoms with E-state index in [1.807, 2.05) is 51.6 Å². The highest BCUT2D eigenvalue weighted by Gasteiger charge is 2.52. The zero-order valence-electron chi connectivity index (χ0n) is 14.9. The molecule has 1 N–H and O–H groups in total. The van der Waals surface area contributed by atoms with Crippen LogP contribution in [0.2, 0.25) is 0 Å². The molecule has 2 aliphatic rings. The van der Waals surface area contributed by atoms with Crippen LogP contribution in [0, 0.1) is 0 Å². The summed E-state index contributed by atoms with van der Waals surface area (Å²) >= 11 is 0. The van der Waals surface area contributed by atoms with Gasteiger partial charge in [0.25, 0.3) is 0 Å². The van der Waals surface area contributed by atoms with Gasteiger partial charge in [0.15, 0.2) is 5.65 Å². The standard InChI is InChI=1S/C17H24BN3O3/c1-15(2)16(3,4)24-18(23-15)12-6-11-9-20-21(14(11)19-10-12)13-7-17(5,22)8-13/h6,9-10,13,22H,7-8H2,1-5H3. The molecule has 1 aliphatic carbocycles. The monoisotopic (exact) mass is 329 g/mol. The molecule has 0 unspecified atom stereocenters. The maximum absolute atomic E-state index is 9.95. The van der Waals surface area contributed by atoms with Gasteiger partial charge in [0.2, 0.25) is 0 Å². The predicted molar refractivity (Wildman–Crippen MR) is 92.1 cm³/mol. The molecule has 2 aromatic rings. The molecule has 0 radical (unpaired) electrons. The quantitative estimate of drug-likeness (QED) is 0.851. The lowest BCUT2D eigenvalue weighted by Gasteiger charge is -2.40. The van der Waals surface area contributed by atoms with Crippen molar-refractivity contribution in [1.82, 2.24) is 14.8 Å². The lowest BCUT2D eigenvalue weighted by atomic mass is 9.77. The molecule has 2 aromatic heterocycles. The first-order valence-electron chi connectivity index (χ1n) is 8.49. The fourth-order valence-electron chi connectivity index (χ4n) is 3.46. The fourth-order valence-corrected chi connectivity index (χ4v) is 3.46. The number of aromatic nitrogens is 3. The number of rotatable bonds is 2. The molecule has 6 nitrogen and oxygen atoms in total. The van der Waals surface area contributed by atoms with E-state index in [0.717, 1.165) is 16.5 Å². The Hall–Kier alpha value is -1.44. The Labute approximate surface area is 142 Å². The number of pyridine rings is 1. The SMILES string of the molecule is CC1(O)CC(n2ncc3cc(B4OC(C)(C)C(C)(C)O4)cnc32)C1. The van der Waals surface area contributed by atoms with Gasteiger partial charge in [0.05, 0.1) is 29.0 Å². The largest absolute Gasteiger partial charge is 0.496 e. The Bertz CT molecular complexity index is 775. The molecular weight excluding hydrogens is 305 g/mol. The van der Waals surface area contributed by atoms with Crippen molar-refractivity contribution in [2.45, 2.75) is 70.3 Å². The van der Waals surface area contributed by atoms with Crippen molar-refractivity contribution in [2.24, 2.45) is 0 Å². The van der Waals surface area contributed by atoms with Crippen molar-refractivity contribution in [3.05, 3.63) is 18.5 Å². The van der Waals surface area contributed by atoms with Crippen molar-refractivity contribution in [1.29, 1.82) is 0 Å². The second-order valence-corrected chi connectivity index (χ2v) is 8.42. The molecule has 3 heterocycles. The van der Waals surface area contributed by atoms with E-state index in [9.17, 15) is 5.11 Å². The molecule has 24 heavy (non-hydrogen) atoms. The van der Waals surface area contributed by atoms with E-state index in [1.54, 1.807) is 6.20 Å². The smallest absolute Gasteiger partial charge is 0.399 e. The van der Waals surface area contributed by atoms with Gasteiger partial charge >= 0.3 is 7.12 Å². The van der Waals surface area contributed by atoms with Gasteiger partial charge in [-0.15, -0.1) is 0 Å². The molecule has 0 aromatic carbocycles. The highest BCUT2D eigenvalue weighted by Crippen LogP contribution is 2.41. The molecular formula is C17H24BN3O3. The van der Waals surface area contributed by atoms with Gasteiger partial charge in [-0.3, -0.25) is 0 Å². The summed E-state index contributed by atoms with van der Waals surface area (Å²) < 4.78 is 14.1. The van der Waals surface area contributed by atoms with Gasteiger partial charge in [0, 0.05) is 17.0 Å². The summed E-state index contributed by atoms with van der Waals surface area (Å²) in [5.41, 5.74) is 0.436. The molecule has 0 amide bonds. The number of fused-ring (bicyclic) bond motifs is 1. The van der Waals surface area contributed by atoms with Gasteiger partial charge < -0.3 is 14.4 Å². The van der Waals surface area contributed by atoms with E-state index in [1.165, 1.54) is 0 Å². The van der Waals surface area contributed by atoms with Crippen molar-refractivity contribution in [2.75, 3.05) is 0 Å². The minimum Gasteiger partial charge on any atom is -0.399 e. The van der Waals surface area contributed by atoms with Crippen LogP contribution in [0.3, 0.4) is 0 Å². The molecule has 0 spiro atoms. The number of hydrogen-bond donors (Lipinski definition) is 1. The summed E-state index contributed by atoms with van der Waals surface area (Å²) in [6.07, 6.45) is 5.05. The summed E-state index contributed by atoms with van der Waals surface area (Å²) in [7, 11) is -0.417. The van der Waals surface area contributed by atoms with Crippen LogP contribution in [-0.2, 0) is 9.31 Å². The van der Waals surface area contributed by atoms with Crippen molar-refractivity contribution < 1.29 is 14.4 Å². The van der Waals surface area contributed by atoms with E-state index in [0.29, 0.717) is 12.8 Å². The first-order chi connectivity index (χ1) is 11.1. The third-order valence-corrected chi connectivity index (χ3v) is 5.68. The third kappa shape index (κ3) is 2.38. The predicted octanol–water partition coefficient (Wildman–Crippen LogP) is 1.82. The minimum absolute atomic E-state index is 0.215. The summed E-state index contributed by atoms with van der Waals surface area (Å²) in [6.45, 7) is 10.0. The van der Waals surface area contributed by atoms with Crippen LogP contribution in [0.25, 0.3) is 11.0 Å². The summed E-state index contributed by atoms with van der Waals surface area (Å²) in [4.78, 5) is 4.59. The average molecular weight is 329 g/mol. The van der Waals surface area contributed by atoms with Gasteiger partial charge in [-0.1, -0.05) is 0 Å². The fraction of sp³-hybridized carbons (Fsp3) is 0.647. The molecule has 2 fully saturated rings. The first-order valence-corrected chi connectivity index (χ1v) is 8.49. The van der Waals surface area contributed by atoms with Crippen molar-refractivity contribution >= 4 is 23.6 Å². The van der Waals surface area contributed by atoms with E-state index in [4.69, 9.17) is 9.31 Å². The lowest BCUT2D eigenvalue weighted by molar-refractivity contribution is -0.0531. The third-order valence-electron chi connectivity index (χ3n) is 5.68. The molecule has 7 heteroatoms. The maximum Gasteiger partial charge on any atom is 0.496 e. The van der Waals surface area contributed by atoms with Crippen LogP contribution in [0.4, 0.5) is 0 Å². The van der Waals surface area contributed by atoms with Crippen LogP contribution in [-0.4, -0.2) is 43.8 Å². The summed E-state index contributed by atoms with van der Waals surface area (Å²) in [6, 6.07) is 2.25. The van der Waals surface area contributed by atoms with Gasteiger partial charge in [-0.05, 0) is 53.5 Å². The second-order valence-electron chi connectivity index (χ2n) is 8.42. The Morgan fingerprint density at radius 3 is 2.33 bits per heavy atom. The maximum atomic E-state index is 9.95. The average Bonchev–Trinajstić information content (AvgIpc) is 2.94. The van der Waals surface area contributed by atoms with Gasteiger partial charge in [-0.25, -0.2) is 9.67 Å². The van der Waals surface area contributed by atoms with Gasteiger partial charge in [-0.2, -0.15) is 5.10 Å². The summed E-state index contributed by atoms with van der Waals surface area (Å²) in [5.74, 6) is 0. The van der Waals surface area contributed by atoms with Crippen LogP contribution in [0.15, 0.2) is 18.5 Å². The Balaban J connectivity index is 1.62. The zero-order chi connectivity index (χ0) is 17.3. The van der Waals surface area contributed by atoms with Crippen LogP contribution < -0.4 is 5.46 Å². The van der Waals surface area contributed by atoms with E-state index in [-0.39, 0.29) is 17.2 Å². The van der Waals surface area contributed by atoms with Crippen LogP contribution in [0.5, 0.6) is 0 Å². The second kappa shape index (κ2) is 4.81. The summed E-state index contributed by atoms with van der Waals surface area (Å²) in [5, 5.41) is 15.4. The van der Waals surface area contributed by atoms with E-state index >= 15 is 0 Å². The number of hydrogen-bond acceptors (Lipinski definition) is 5. The van der Waals surface area contributed by atoms with Crippen molar-refractivity contribution in [3.63, 3.8) is 0 Å². The van der Waals surface area contributed by atoms with Crippen LogP contribution in [0.1, 0.15) is 53.5 Å². The first kappa shape index (κ1) is 16.1. The minimum atomic E-state index is -0.578.